The lowest BCUT2D eigenvalue weighted by Gasteiger charge is -2.16. The number of carbonyl (C=O) groups excluding carboxylic acids is 1. The van der Waals surface area contributed by atoms with Crippen molar-refractivity contribution in [2.45, 2.75) is 13.2 Å². The van der Waals surface area contributed by atoms with Gasteiger partial charge in [-0.2, -0.15) is 0 Å². The molecule has 6 heteroatoms. The summed E-state index contributed by atoms with van der Waals surface area (Å²) in [5.74, 6) is -1.04. The zero-order valence-corrected chi connectivity index (χ0v) is 17.8. The highest BCUT2D eigenvalue weighted by Gasteiger charge is 2.21. The first-order chi connectivity index (χ1) is 15.0. The summed E-state index contributed by atoms with van der Waals surface area (Å²) < 4.78 is 26.9. The second kappa shape index (κ2) is 11.1. The number of hydrogen-bond acceptors (Lipinski definition) is 4. The van der Waals surface area contributed by atoms with Crippen LogP contribution >= 0.6 is 0 Å². The van der Waals surface area contributed by atoms with Crippen molar-refractivity contribution in [2.24, 2.45) is 0 Å². The van der Waals surface area contributed by atoms with Gasteiger partial charge in [-0.3, -0.25) is 4.79 Å². The molecular formula is C25H27FN2O3. The largest absolute Gasteiger partial charge is 0.485 e. The third kappa shape index (κ3) is 6.55. The highest BCUT2D eigenvalue weighted by atomic mass is 19.1. The van der Waals surface area contributed by atoms with Gasteiger partial charge in [-0.15, -0.1) is 0 Å². The molecule has 3 rings (SSSR count). The molecule has 1 amide bonds. The van der Waals surface area contributed by atoms with Crippen LogP contribution in [0.4, 0.5) is 4.39 Å². The van der Waals surface area contributed by atoms with E-state index >= 15 is 4.39 Å². The van der Waals surface area contributed by atoms with Gasteiger partial charge in [0.25, 0.3) is 5.91 Å². The fourth-order valence-electron chi connectivity index (χ4n) is 2.92. The predicted octanol–water partition coefficient (Wildman–Crippen LogP) is 4.28. The van der Waals surface area contributed by atoms with Crippen LogP contribution < -0.4 is 14.8 Å². The first-order valence-corrected chi connectivity index (χ1v) is 10.1. The van der Waals surface area contributed by atoms with E-state index in [0.29, 0.717) is 13.1 Å². The summed E-state index contributed by atoms with van der Waals surface area (Å²) in [7, 11) is 3.81. The van der Waals surface area contributed by atoms with Gasteiger partial charge in [0.2, 0.25) is 0 Å². The SMILES string of the molecule is CN(C)CCNC(=O)c1ccc(OCc2ccccc2)c(OCc2ccccc2)c1F. The molecule has 162 valence electrons. The third-order valence-corrected chi connectivity index (χ3v) is 4.61. The van der Waals surface area contributed by atoms with Crippen LogP contribution in [0.2, 0.25) is 0 Å². The van der Waals surface area contributed by atoms with Gasteiger partial charge in [0.1, 0.15) is 13.2 Å². The van der Waals surface area contributed by atoms with E-state index in [9.17, 15) is 4.79 Å². The van der Waals surface area contributed by atoms with Crippen molar-refractivity contribution in [3.05, 3.63) is 95.3 Å². The maximum absolute atomic E-state index is 15.3. The van der Waals surface area contributed by atoms with Gasteiger partial charge in [0.15, 0.2) is 17.3 Å². The van der Waals surface area contributed by atoms with Gasteiger partial charge in [-0.05, 0) is 37.4 Å². The zero-order valence-electron chi connectivity index (χ0n) is 17.8. The van der Waals surface area contributed by atoms with E-state index in [2.05, 4.69) is 5.32 Å². The fraction of sp³-hybridized carbons (Fsp3) is 0.240. The topological polar surface area (TPSA) is 50.8 Å². The van der Waals surface area contributed by atoms with E-state index < -0.39 is 11.7 Å². The van der Waals surface area contributed by atoms with Crippen molar-refractivity contribution < 1.29 is 18.7 Å². The molecular weight excluding hydrogens is 395 g/mol. The number of nitrogens with one attached hydrogen (secondary N) is 1. The molecule has 0 unspecified atom stereocenters. The lowest BCUT2D eigenvalue weighted by atomic mass is 10.1. The number of amides is 1. The van der Waals surface area contributed by atoms with Gasteiger partial charge in [-0.25, -0.2) is 4.39 Å². The van der Waals surface area contributed by atoms with Gasteiger partial charge in [-0.1, -0.05) is 60.7 Å². The Kier molecular flexibility index (Phi) is 8.01. The number of ether oxygens (including phenoxy) is 2. The summed E-state index contributed by atoms with van der Waals surface area (Å²) in [6.45, 7) is 1.49. The lowest BCUT2D eigenvalue weighted by Crippen LogP contribution is -2.31. The van der Waals surface area contributed by atoms with Gasteiger partial charge in [0, 0.05) is 13.1 Å². The van der Waals surface area contributed by atoms with Crippen LogP contribution in [0.5, 0.6) is 11.5 Å². The summed E-state index contributed by atoms with van der Waals surface area (Å²) in [6.07, 6.45) is 0. The molecule has 0 aliphatic heterocycles. The Bertz CT molecular complexity index is 979. The van der Waals surface area contributed by atoms with Crippen LogP contribution in [-0.2, 0) is 13.2 Å². The molecule has 0 bridgehead atoms. The highest BCUT2D eigenvalue weighted by Crippen LogP contribution is 2.34. The molecule has 5 nitrogen and oxygen atoms in total. The molecule has 0 fully saturated rings. The molecule has 0 radical (unpaired) electrons. The average Bonchev–Trinajstić information content (AvgIpc) is 2.78. The Morgan fingerprint density at radius 3 is 2.03 bits per heavy atom. The summed E-state index contributed by atoms with van der Waals surface area (Å²) in [5.41, 5.74) is 1.76. The molecule has 0 saturated carbocycles. The number of carbonyl (C=O) groups is 1. The first kappa shape index (κ1) is 22.3. The zero-order chi connectivity index (χ0) is 22.1. The van der Waals surface area contributed by atoms with E-state index in [1.54, 1.807) is 6.07 Å². The second-order valence-corrected chi connectivity index (χ2v) is 7.36. The number of likely N-dealkylation sites (N-methyl/N-ethyl adjacent to an activating group) is 1. The second-order valence-electron chi connectivity index (χ2n) is 7.36. The summed E-state index contributed by atoms with van der Waals surface area (Å²) >= 11 is 0. The smallest absolute Gasteiger partial charge is 0.254 e. The molecule has 0 aromatic heterocycles. The van der Waals surface area contributed by atoms with Gasteiger partial charge in [0.05, 0.1) is 5.56 Å². The standard InChI is InChI=1S/C25H27FN2O3/c1-28(2)16-15-27-25(29)21-13-14-22(30-17-19-9-5-3-6-10-19)24(23(21)26)31-18-20-11-7-4-8-12-20/h3-14H,15-18H2,1-2H3,(H,27,29). The monoisotopic (exact) mass is 422 g/mol. The van der Waals surface area contributed by atoms with Crippen LogP contribution in [0.1, 0.15) is 21.5 Å². The molecule has 0 atom stereocenters. The van der Waals surface area contributed by atoms with Crippen molar-refractivity contribution >= 4 is 5.91 Å². The van der Waals surface area contributed by atoms with Crippen LogP contribution in [0, 0.1) is 5.82 Å². The van der Waals surface area contributed by atoms with Crippen molar-refractivity contribution in [1.29, 1.82) is 0 Å². The van der Waals surface area contributed by atoms with Crippen LogP contribution in [-0.4, -0.2) is 38.0 Å². The van der Waals surface area contributed by atoms with Crippen molar-refractivity contribution in [3.63, 3.8) is 0 Å². The first-order valence-electron chi connectivity index (χ1n) is 10.1. The summed E-state index contributed by atoms with van der Waals surface area (Å²) in [6, 6.07) is 22.0. The third-order valence-electron chi connectivity index (χ3n) is 4.61. The Hall–Kier alpha value is -3.38. The minimum absolute atomic E-state index is 0.0694. The van der Waals surface area contributed by atoms with Crippen molar-refractivity contribution in [1.82, 2.24) is 10.2 Å². The number of rotatable bonds is 10. The van der Waals surface area contributed by atoms with Gasteiger partial charge < -0.3 is 19.7 Å². The molecule has 0 aliphatic carbocycles. The van der Waals surface area contributed by atoms with E-state index in [4.69, 9.17) is 9.47 Å². The van der Waals surface area contributed by atoms with E-state index in [1.807, 2.05) is 79.7 Å². The molecule has 0 aliphatic rings. The number of benzene rings is 3. The fourth-order valence-corrected chi connectivity index (χ4v) is 2.92. The van der Waals surface area contributed by atoms with Crippen LogP contribution in [0.25, 0.3) is 0 Å². The van der Waals surface area contributed by atoms with E-state index in [1.165, 1.54) is 6.07 Å². The summed E-state index contributed by atoms with van der Waals surface area (Å²) in [4.78, 5) is 14.4. The minimum atomic E-state index is -0.733. The molecule has 3 aromatic rings. The van der Waals surface area contributed by atoms with Crippen molar-refractivity contribution in [2.75, 3.05) is 27.2 Å². The molecule has 0 spiro atoms. The highest BCUT2D eigenvalue weighted by molar-refractivity contribution is 5.95. The molecule has 0 heterocycles. The Labute approximate surface area is 182 Å². The summed E-state index contributed by atoms with van der Waals surface area (Å²) in [5, 5.41) is 2.73. The van der Waals surface area contributed by atoms with Crippen LogP contribution in [0.15, 0.2) is 72.8 Å². The number of hydrogen-bond donors (Lipinski definition) is 1. The average molecular weight is 423 g/mol. The molecule has 1 N–H and O–H groups in total. The minimum Gasteiger partial charge on any atom is -0.485 e. The lowest BCUT2D eigenvalue weighted by molar-refractivity contribution is 0.0945. The number of nitrogens with zero attached hydrogens (tertiary/aromatic N) is 1. The molecule has 0 saturated heterocycles. The Morgan fingerprint density at radius 1 is 0.871 bits per heavy atom. The van der Waals surface area contributed by atoms with Crippen LogP contribution in [0.3, 0.4) is 0 Å². The van der Waals surface area contributed by atoms with Crippen molar-refractivity contribution in [3.8, 4) is 11.5 Å². The van der Waals surface area contributed by atoms with Gasteiger partial charge >= 0.3 is 0 Å². The maximum Gasteiger partial charge on any atom is 0.254 e. The number of halogens is 1. The normalized spacial score (nSPS) is 10.7. The molecule has 31 heavy (non-hydrogen) atoms. The van der Waals surface area contributed by atoms with E-state index in [0.717, 1.165) is 11.1 Å². The van der Waals surface area contributed by atoms with E-state index in [-0.39, 0.29) is 30.3 Å². The predicted molar refractivity (Wildman–Crippen MR) is 119 cm³/mol. The Balaban J connectivity index is 1.81. The quantitative estimate of drug-likeness (QED) is 0.530. The maximum atomic E-state index is 15.3. The Morgan fingerprint density at radius 2 is 1.45 bits per heavy atom. The molecule has 3 aromatic carbocycles.